The van der Waals surface area contributed by atoms with E-state index in [0.29, 0.717) is 22.0 Å². The highest BCUT2D eigenvalue weighted by molar-refractivity contribution is 7.99. The second-order valence-corrected chi connectivity index (χ2v) is 8.02. The quantitative estimate of drug-likeness (QED) is 0.226. The van der Waals surface area contributed by atoms with Crippen LogP contribution in [0.3, 0.4) is 0 Å². The number of nitrogens with zero attached hydrogens (tertiary/aromatic N) is 5. The van der Waals surface area contributed by atoms with Gasteiger partial charge >= 0.3 is 5.97 Å². The van der Waals surface area contributed by atoms with Gasteiger partial charge in [-0.15, -0.1) is 5.10 Å². The van der Waals surface area contributed by atoms with Crippen LogP contribution in [0.1, 0.15) is 22.3 Å². The van der Waals surface area contributed by atoms with Gasteiger partial charge < -0.3 is 14.2 Å². The molecule has 12 heteroatoms. The van der Waals surface area contributed by atoms with Gasteiger partial charge in [-0.25, -0.2) is 0 Å². The van der Waals surface area contributed by atoms with Crippen LogP contribution in [0.5, 0.6) is 5.75 Å². The van der Waals surface area contributed by atoms with E-state index in [2.05, 4.69) is 15.5 Å². The fraction of sp³-hybridized carbons (Fsp3) is 0.300. The maximum atomic E-state index is 12.3. The molecule has 2 heterocycles. The van der Waals surface area contributed by atoms with E-state index in [9.17, 15) is 14.9 Å². The lowest BCUT2D eigenvalue weighted by Gasteiger charge is -2.20. The summed E-state index contributed by atoms with van der Waals surface area (Å²) in [6.45, 7) is 3.98. The lowest BCUT2D eigenvalue weighted by Crippen LogP contribution is -2.15. The van der Waals surface area contributed by atoms with Crippen LogP contribution >= 0.6 is 11.8 Å². The smallest absolute Gasteiger partial charge is 0.316 e. The number of thioether (sulfide) groups is 1. The molecule has 0 aliphatic carbocycles. The number of aryl methyl sites for hydroxylation is 2. The van der Waals surface area contributed by atoms with Gasteiger partial charge in [-0.1, -0.05) is 23.9 Å². The molecular weight excluding hydrogens is 438 g/mol. The van der Waals surface area contributed by atoms with E-state index >= 15 is 0 Å². The number of fused-ring (bicyclic) bond motifs is 1. The van der Waals surface area contributed by atoms with E-state index in [4.69, 9.17) is 14.2 Å². The highest BCUT2D eigenvalue weighted by Gasteiger charge is 2.22. The van der Waals surface area contributed by atoms with Crippen molar-refractivity contribution < 1.29 is 23.9 Å². The number of hydrogen-bond acceptors (Lipinski definition) is 10. The van der Waals surface area contributed by atoms with Crippen molar-refractivity contribution in [2.75, 3.05) is 12.5 Å². The number of carbonyl (C=O) groups is 1. The standard InChI is InChI=1S/C20H19N5O6S/c1-12-3-4-13(2)17(5-12)24-20(21-22-23-24)32-10-18(26)30-9-15-7-16(25(27)28)6-14-8-29-11-31-19(14)15/h3-7H,8-11H2,1-2H3. The van der Waals surface area contributed by atoms with Gasteiger partial charge in [-0.3, -0.25) is 14.9 Å². The number of ether oxygens (including phenoxy) is 3. The van der Waals surface area contributed by atoms with E-state index in [1.165, 1.54) is 12.1 Å². The molecule has 0 atom stereocenters. The molecule has 3 aromatic rings. The van der Waals surface area contributed by atoms with Crippen LogP contribution in [-0.2, 0) is 27.5 Å². The molecule has 0 amide bonds. The SMILES string of the molecule is Cc1ccc(C)c(-n2nnnc2SCC(=O)OCc2cc([N+](=O)[O-])cc3c2OCOC3)c1. The molecule has 0 bridgehead atoms. The predicted octanol–water partition coefficient (Wildman–Crippen LogP) is 2.89. The summed E-state index contributed by atoms with van der Waals surface area (Å²) in [6.07, 6.45) is 0. The minimum Gasteiger partial charge on any atom is -0.467 e. The van der Waals surface area contributed by atoms with Crippen molar-refractivity contribution in [1.29, 1.82) is 0 Å². The second kappa shape index (κ2) is 9.32. The molecule has 0 N–H and O–H groups in total. The summed E-state index contributed by atoms with van der Waals surface area (Å²) in [6, 6.07) is 8.66. The molecule has 2 aromatic carbocycles. The molecule has 0 fully saturated rings. The first-order chi connectivity index (χ1) is 15.4. The molecule has 0 radical (unpaired) electrons. The zero-order valence-electron chi connectivity index (χ0n) is 17.3. The Labute approximate surface area is 186 Å². The average molecular weight is 457 g/mol. The first-order valence-electron chi connectivity index (χ1n) is 9.57. The fourth-order valence-corrected chi connectivity index (χ4v) is 3.87. The van der Waals surface area contributed by atoms with Gasteiger partial charge in [-0.05, 0) is 41.5 Å². The summed E-state index contributed by atoms with van der Waals surface area (Å²) in [5, 5.41) is 23.4. The van der Waals surface area contributed by atoms with Gasteiger partial charge in [-0.2, -0.15) is 4.68 Å². The summed E-state index contributed by atoms with van der Waals surface area (Å²) < 4.78 is 17.5. The largest absolute Gasteiger partial charge is 0.467 e. The Hall–Kier alpha value is -3.51. The third kappa shape index (κ3) is 4.70. The molecule has 0 saturated carbocycles. The number of non-ortho nitro benzene ring substituents is 1. The molecule has 1 aliphatic heterocycles. The van der Waals surface area contributed by atoms with E-state index in [1.54, 1.807) is 4.68 Å². The van der Waals surface area contributed by atoms with Gasteiger partial charge in [0.1, 0.15) is 12.4 Å². The van der Waals surface area contributed by atoms with Crippen LogP contribution in [0.25, 0.3) is 5.69 Å². The fourth-order valence-electron chi connectivity index (χ4n) is 3.18. The van der Waals surface area contributed by atoms with Gasteiger partial charge in [0.05, 0.1) is 23.0 Å². The molecule has 1 aliphatic rings. The summed E-state index contributed by atoms with van der Waals surface area (Å²) >= 11 is 1.14. The van der Waals surface area contributed by atoms with Crippen molar-refractivity contribution in [2.24, 2.45) is 0 Å². The normalized spacial score (nSPS) is 12.7. The summed E-state index contributed by atoms with van der Waals surface area (Å²) in [5.74, 6) is -0.106. The van der Waals surface area contributed by atoms with Crippen LogP contribution in [-0.4, -0.2) is 43.6 Å². The Morgan fingerprint density at radius 2 is 2.16 bits per heavy atom. The first kappa shape index (κ1) is 21.7. The first-order valence-corrected chi connectivity index (χ1v) is 10.6. The van der Waals surface area contributed by atoms with Crippen LogP contribution in [0, 0.1) is 24.0 Å². The maximum Gasteiger partial charge on any atom is 0.316 e. The third-order valence-corrected chi connectivity index (χ3v) is 5.62. The maximum absolute atomic E-state index is 12.3. The highest BCUT2D eigenvalue weighted by atomic mass is 32.2. The van der Waals surface area contributed by atoms with Gasteiger partial charge in [0, 0.05) is 23.3 Å². The third-order valence-electron chi connectivity index (χ3n) is 4.72. The van der Waals surface area contributed by atoms with Crippen LogP contribution in [0.2, 0.25) is 0 Å². The van der Waals surface area contributed by atoms with Crippen molar-refractivity contribution in [2.45, 2.75) is 32.2 Å². The molecule has 4 rings (SSSR count). The lowest BCUT2D eigenvalue weighted by molar-refractivity contribution is -0.385. The zero-order valence-corrected chi connectivity index (χ0v) is 18.1. The lowest BCUT2D eigenvalue weighted by atomic mass is 10.1. The van der Waals surface area contributed by atoms with Crippen LogP contribution in [0.15, 0.2) is 35.5 Å². The number of rotatable bonds is 7. The molecule has 32 heavy (non-hydrogen) atoms. The van der Waals surface area contributed by atoms with Crippen molar-refractivity contribution in [1.82, 2.24) is 20.2 Å². The van der Waals surface area contributed by atoms with Crippen molar-refractivity contribution in [3.8, 4) is 11.4 Å². The Kier molecular flexibility index (Phi) is 6.32. The van der Waals surface area contributed by atoms with E-state index in [0.717, 1.165) is 28.6 Å². The Morgan fingerprint density at radius 3 is 2.97 bits per heavy atom. The van der Waals surface area contributed by atoms with Gasteiger partial charge in [0.25, 0.3) is 5.69 Å². The summed E-state index contributed by atoms with van der Waals surface area (Å²) in [5.41, 5.74) is 3.71. The minimum atomic E-state index is -0.516. The van der Waals surface area contributed by atoms with Crippen molar-refractivity contribution in [3.63, 3.8) is 0 Å². The van der Waals surface area contributed by atoms with Crippen molar-refractivity contribution in [3.05, 3.63) is 62.7 Å². The number of nitro groups is 1. The Bertz CT molecular complexity index is 1180. The number of nitro benzene ring substituents is 1. The molecule has 11 nitrogen and oxygen atoms in total. The van der Waals surface area contributed by atoms with Crippen LogP contribution < -0.4 is 4.74 Å². The summed E-state index contributed by atoms with van der Waals surface area (Å²) in [7, 11) is 0. The Morgan fingerprint density at radius 1 is 1.31 bits per heavy atom. The number of aromatic nitrogens is 4. The van der Waals surface area contributed by atoms with E-state index < -0.39 is 10.9 Å². The number of tetrazole rings is 1. The monoisotopic (exact) mass is 457 g/mol. The van der Waals surface area contributed by atoms with Gasteiger partial charge in [0.15, 0.2) is 6.79 Å². The molecule has 0 spiro atoms. The number of esters is 1. The summed E-state index contributed by atoms with van der Waals surface area (Å²) in [4.78, 5) is 23.0. The average Bonchev–Trinajstić information content (AvgIpc) is 3.25. The number of benzene rings is 2. The molecule has 0 unspecified atom stereocenters. The molecule has 0 saturated heterocycles. The molecular formula is C20H19N5O6S. The predicted molar refractivity (Wildman–Crippen MR) is 113 cm³/mol. The van der Waals surface area contributed by atoms with Crippen LogP contribution in [0.4, 0.5) is 5.69 Å². The topological polar surface area (TPSA) is 132 Å². The zero-order chi connectivity index (χ0) is 22.7. The van der Waals surface area contributed by atoms with Crippen molar-refractivity contribution >= 4 is 23.4 Å². The second-order valence-electron chi connectivity index (χ2n) is 7.07. The Balaban J connectivity index is 1.42. The van der Waals surface area contributed by atoms with E-state index in [-0.39, 0.29) is 31.4 Å². The van der Waals surface area contributed by atoms with Gasteiger partial charge in [0.2, 0.25) is 5.16 Å². The highest BCUT2D eigenvalue weighted by Crippen LogP contribution is 2.33. The number of carbonyl (C=O) groups excluding carboxylic acids is 1. The van der Waals surface area contributed by atoms with E-state index in [1.807, 2.05) is 32.0 Å². The molecule has 1 aromatic heterocycles. The molecule has 166 valence electrons. The minimum absolute atomic E-state index is 0.0304. The number of hydrogen-bond donors (Lipinski definition) is 0.